The van der Waals surface area contributed by atoms with E-state index in [1.54, 1.807) is 72.3 Å². The smallest absolute Gasteiger partial charge is 0.423 e. The second-order valence-electron chi connectivity index (χ2n) is 12.7. The Morgan fingerprint density at radius 2 is 1.17 bits per heavy atom. The fourth-order valence-electron chi connectivity index (χ4n) is 6.60. The largest absolute Gasteiger partial charge is 0.488 e. The molecule has 0 unspecified atom stereocenters. The molecule has 0 bridgehead atoms. The molecule has 0 radical (unpaired) electrons. The Morgan fingerprint density at radius 1 is 0.679 bits per heavy atom. The Morgan fingerprint density at radius 3 is 1.64 bits per heavy atom. The van der Waals surface area contributed by atoms with Crippen molar-refractivity contribution in [1.29, 1.82) is 0 Å². The normalized spacial score (nSPS) is 15.0. The Labute approximate surface area is 319 Å². The van der Waals surface area contributed by atoms with E-state index < -0.39 is 7.12 Å². The van der Waals surface area contributed by atoms with Crippen molar-refractivity contribution in [3.05, 3.63) is 160 Å². The third kappa shape index (κ3) is 9.58. The van der Waals surface area contributed by atoms with Gasteiger partial charge in [0.25, 0.3) is 11.8 Å². The molecule has 272 valence electrons. The van der Waals surface area contributed by atoms with Gasteiger partial charge in [-0.05, 0) is 88.8 Å². The van der Waals surface area contributed by atoms with Crippen LogP contribution in [0.4, 0.5) is 0 Å². The molecule has 6 aromatic rings. The highest BCUT2D eigenvalue weighted by Gasteiger charge is 2.26. The number of benzene rings is 4. The number of aromatic nitrogens is 4. The van der Waals surface area contributed by atoms with E-state index in [0.717, 1.165) is 30.2 Å². The molecule has 0 saturated heterocycles. The van der Waals surface area contributed by atoms with Crippen molar-refractivity contribution in [3.8, 4) is 11.1 Å². The number of carbonyl (C=O) groups excluding carboxylic acids is 2. The number of carbonyl (C=O) groups is 2. The Hall–Kier alpha value is -5.30. The maximum atomic E-state index is 12.4. The van der Waals surface area contributed by atoms with Crippen LogP contribution < -0.4 is 16.1 Å². The lowest BCUT2D eigenvalue weighted by molar-refractivity contribution is 0.0918. The zero-order valence-electron chi connectivity index (χ0n) is 29.0. The minimum absolute atomic E-state index is 0. The van der Waals surface area contributed by atoms with E-state index >= 15 is 0 Å². The molecule has 2 aromatic heterocycles. The van der Waals surface area contributed by atoms with E-state index in [2.05, 4.69) is 91.4 Å². The summed E-state index contributed by atoms with van der Waals surface area (Å²) in [6.45, 7) is 0. The Balaban J connectivity index is 0.000000167. The van der Waals surface area contributed by atoms with Crippen LogP contribution in [0.15, 0.2) is 126 Å². The van der Waals surface area contributed by atoms with Crippen LogP contribution in [0.5, 0.6) is 0 Å². The molecule has 4 aromatic carbocycles. The summed E-state index contributed by atoms with van der Waals surface area (Å²) in [7, 11) is 2.21. The highest BCUT2D eigenvalue weighted by Crippen LogP contribution is 2.35. The van der Waals surface area contributed by atoms with Gasteiger partial charge in [0.1, 0.15) is 11.4 Å². The number of halogens is 1. The second-order valence-corrected chi connectivity index (χ2v) is 13.6. The standard InChI is InChI=1S/C20H19N3O.C14H14BrN3O.C6H7BO2.CH4/c1-23-19(11-12-21-23)20(24)22-18-10-8-16-13-15(7-9-17(16)18)14-5-3-2-4-6-14;1-18-13(6-7-16-18)14(19)17-12-5-2-9-8-10(15)3-4-11(9)12;8-7(9)6-4-2-1-3-5-6;/h2-7,9,11-13,18H,8,10H2,1H3,(H,22,24);3-4,6-8,12H,2,5H2,1H3,(H,17,19);1-5,8-9H;1H4/t18-;12-;;/m11../s1. The summed E-state index contributed by atoms with van der Waals surface area (Å²) in [6, 6.07) is 35.5. The predicted molar refractivity (Wildman–Crippen MR) is 212 cm³/mol. The Bertz CT molecular complexity index is 2140. The lowest BCUT2D eigenvalue weighted by atomic mass is 9.81. The van der Waals surface area contributed by atoms with Gasteiger partial charge in [0.2, 0.25) is 0 Å². The van der Waals surface area contributed by atoms with Crippen LogP contribution >= 0.6 is 15.9 Å². The van der Waals surface area contributed by atoms with Crippen LogP contribution in [0.2, 0.25) is 0 Å². The van der Waals surface area contributed by atoms with Crippen molar-refractivity contribution < 1.29 is 19.6 Å². The van der Waals surface area contributed by atoms with Crippen molar-refractivity contribution in [2.75, 3.05) is 0 Å². The second kappa shape index (κ2) is 18.0. The minimum atomic E-state index is -1.34. The number of rotatable bonds is 6. The molecule has 2 aliphatic carbocycles. The van der Waals surface area contributed by atoms with Gasteiger partial charge in [-0.25, -0.2) is 0 Å². The zero-order chi connectivity index (χ0) is 36.6. The van der Waals surface area contributed by atoms with Crippen molar-refractivity contribution in [3.63, 3.8) is 0 Å². The first kappa shape index (κ1) is 38.9. The molecule has 0 saturated carbocycles. The first-order valence-electron chi connectivity index (χ1n) is 17.1. The average molecular weight is 776 g/mol. The van der Waals surface area contributed by atoms with Gasteiger partial charge in [-0.2, -0.15) is 10.2 Å². The molecule has 0 aliphatic heterocycles. The van der Waals surface area contributed by atoms with Crippen molar-refractivity contribution >= 4 is 40.3 Å². The monoisotopic (exact) mass is 774 g/mol. The number of aryl methyl sites for hydroxylation is 4. The predicted octanol–water partition coefficient (Wildman–Crippen LogP) is 6.11. The van der Waals surface area contributed by atoms with Crippen LogP contribution in [0.3, 0.4) is 0 Å². The maximum Gasteiger partial charge on any atom is 0.488 e. The van der Waals surface area contributed by atoms with E-state index in [-0.39, 0.29) is 31.3 Å². The van der Waals surface area contributed by atoms with Crippen LogP contribution in [0.1, 0.15) is 75.6 Å². The summed E-state index contributed by atoms with van der Waals surface area (Å²) in [5.74, 6) is -0.138. The number of amides is 2. The molecule has 2 heterocycles. The fourth-order valence-corrected chi connectivity index (χ4v) is 7.00. The summed E-state index contributed by atoms with van der Waals surface area (Å²) in [4.78, 5) is 24.6. The summed E-state index contributed by atoms with van der Waals surface area (Å²) < 4.78 is 4.28. The number of nitrogens with one attached hydrogen (secondary N) is 2. The summed E-state index contributed by atoms with van der Waals surface area (Å²) in [5, 5.41) is 31.5. The number of hydrogen-bond acceptors (Lipinski definition) is 6. The zero-order valence-corrected chi connectivity index (χ0v) is 30.6. The summed E-state index contributed by atoms with van der Waals surface area (Å²) in [6.07, 6.45) is 7.17. The van der Waals surface area contributed by atoms with Crippen molar-refractivity contribution in [2.24, 2.45) is 14.1 Å². The molecule has 12 heteroatoms. The summed E-state index contributed by atoms with van der Waals surface area (Å²) in [5.41, 5.74) is 9.24. The first-order valence-corrected chi connectivity index (χ1v) is 17.9. The van der Waals surface area contributed by atoms with Gasteiger partial charge in [0.15, 0.2) is 0 Å². The highest BCUT2D eigenvalue weighted by atomic mass is 79.9. The van der Waals surface area contributed by atoms with Crippen LogP contribution in [0.25, 0.3) is 11.1 Å². The summed E-state index contributed by atoms with van der Waals surface area (Å²) >= 11 is 3.48. The SMILES string of the molecule is C.Cn1nccc1C(=O)N[C@@H]1CCc2cc(-c3ccccc3)ccc21.Cn1nccc1C(=O)N[C@@H]1CCc2cc(Br)ccc21.OB(O)c1ccccc1. The Kier molecular flexibility index (Phi) is 13.2. The molecule has 2 atom stereocenters. The third-order valence-electron chi connectivity index (χ3n) is 9.33. The van der Waals surface area contributed by atoms with Crippen molar-refractivity contribution in [1.82, 2.24) is 30.2 Å². The van der Waals surface area contributed by atoms with E-state index in [9.17, 15) is 9.59 Å². The highest BCUT2D eigenvalue weighted by molar-refractivity contribution is 9.10. The average Bonchev–Trinajstić information content (AvgIpc) is 3.97. The van der Waals surface area contributed by atoms with Gasteiger partial charge in [0.05, 0.1) is 12.1 Å². The fraction of sp³-hybridized carbons (Fsp3) is 0.220. The number of fused-ring (bicyclic) bond motifs is 2. The van der Waals surface area contributed by atoms with Crippen LogP contribution in [-0.2, 0) is 26.9 Å². The van der Waals surface area contributed by atoms with Crippen LogP contribution in [0, 0.1) is 0 Å². The quantitative estimate of drug-likeness (QED) is 0.151. The van der Waals surface area contributed by atoms with Gasteiger partial charge < -0.3 is 20.7 Å². The number of nitrogens with zero attached hydrogens (tertiary/aromatic N) is 4. The molecular weight excluding hydrogens is 731 g/mol. The first-order chi connectivity index (χ1) is 25.2. The van der Waals surface area contributed by atoms with Gasteiger partial charge in [0, 0.05) is 31.0 Å². The molecule has 10 nitrogen and oxygen atoms in total. The van der Waals surface area contributed by atoms with E-state index in [4.69, 9.17) is 10.0 Å². The third-order valence-corrected chi connectivity index (χ3v) is 9.82. The van der Waals surface area contributed by atoms with Crippen molar-refractivity contribution in [2.45, 2.75) is 45.2 Å². The van der Waals surface area contributed by atoms with E-state index in [1.165, 1.54) is 33.4 Å². The molecule has 8 rings (SSSR count). The molecule has 0 fully saturated rings. The van der Waals surface area contributed by atoms with Gasteiger partial charge in [-0.15, -0.1) is 0 Å². The lowest BCUT2D eigenvalue weighted by Crippen LogP contribution is -2.29. The molecule has 0 spiro atoms. The molecule has 4 N–H and O–H groups in total. The molecular formula is C41H44BBrN6O4. The van der Waals surface area contributed by atoms with E-state index in [0.29, 0.717) is 16.9 Å². The maximum absolute atomic E-state index is 12.4. The molecule has 2 aliphatic rings. The van der Waals surface area contributed by atoms with Gasteiger partial charge in [-0.3, -0.25) is 19.0 Å². The topological polar surface area (TPSA) is 134 Å². The molecule has 2 amide bonds. The van der Waals surface area contributed by atoms with Gasteiger partial charge >= 0.3 is 7.12 Å². The van der Waals surface area contributed by atoms with Crippen LogP contribution in [-0.4, -0.2) is 48.5 Å². The number of hydrogen-bond donors (Lipinski definition) is 4. The molecule has 53 heavy (non-hydrogen) atoms. The minimum Gasteiger partial charge on any atom is -0.423 e. The van der Waals surface area contributed by atoms with E-state index in [1.807, 2.05) is 18.2 Å². The van der Waals surface area contributed by atoms with Gasteiger partial charge in [-0.1, -0.05) is 108 Å². The lowest BCUT2D eigenvalue weighted by Gasteiger charge is -2.14.